The first-order chi connectivity index (χ1) is 10.2. The van der Waals surface area contributed by atoms with Crippen LogP contribution in [0.2, 0.25) is 0 Å². The summed E-state index contributed by atoms with van der Waals surface area (Å²) >= 11 is 3.44. The fourth-order valence-corrected chi connectivity index (χ4v) is 3.60. The van der Waals surface area contributed by atoms with Crippen LogP contribution in [-0.2, 0) is 12.8 Å². The molecule has 0 unspecified atom stereocenters. The van der Waals surface area contributed by atoms with Gasteiger partial charge >= 0.3 is 0 Å². The van der Waals surface area contributed by atoms with E-state index in [4.69, 9.17) is 0 Å². The molecule has 0 amide bonds. The highest BCUT2D eigenvalue weighted by Gasteiger charge is 2.19. The summed E-state index contributed by atoms with van der Waals surface area (Å²) in [5, 5.41) is 13.3. The molecule has 1 aliphatic rings. The smallest absolute Gasteiger partial charge is 0.105 e. The van der Waals surface area contributed by atoms with Crippen LogP contribution in [0.15, 0.2) is 59.1 Å². The summed E-state index contributed by atoms with van der Waals surface area (Å²) in [6.45, 7) is 0. The van der Waals surface area contributed by atoms with Crippen molar-refractivity contribution in [2.45, 2.75) is 18.9 Å². The van der Waals surface area contributed by atoms with Gasteiger partial charge in [0.05, 0.1) is 0 Å². The summed E-state index contributed by atoms with van der Waals surface area (Å²) in [7, 11) is 0. The molecule has 21 heavy (non-hydrogen) atoms. The predicted molar refractivity (Wildman–Crippen MR) is 89.6 cm³/mol. The summed E-state index contributed by atoms with van der Waals surface area (Å²) < 4.78 is 1.03. The minimum Gasteiger partial charge on any atom is -0.384 e. The summed E-state index contributed by atoms with van der Waals surface area (Å²) in [6.07, 6.45) is 1.65. The van der Waals surface area contributed by atoms with Crippen molar-refractivity contribution >= 4 is 26.7 Å². The van der Waals surface area contributed by atoms with Gasteiger partial charge in [0.15, 0.2) is 0 Å². The van der Waals surface area contributed by atoms with Gasteiger partial charge in [0, 0.05) is 4.47 Å². The summed E-state index contributed by atoms with van der Waals surface area (Å²) in [5.41, 5.74) is 4.75. The zero-order valence-corrected chi connectivity index (χ0v) is 13.1. The maximum atomic E-state index is 10.8. The molecule has 1 N–H and O–H groups in total. The SMILES string of the molecule is O[C@@H](c1ccc(Br)cc1)c1ccc2c3c(cccc13)CC2. The van der Waals surface area contributed by atoms with E-state index >= 15 is 0 Å². The lowest BCUT2D eigenvalue weighted by Crippen LogP contribution is -2.01. The molecule has 0 heterocycles. The second-order valence-corrected chi connectivity index (χ2v) is 6.52. The van der Waals surface area contributed by atoms with Gasteiger partial charge in [0.25, 0.3) is 0 Å². The highest BCUT2D eigenvalue weighted by Crippen LogP contribution is 2.36. The minimum absolute atomic E-state index is 0.581. The van der Waals surface area contributed by atoms with Gasteiger partial charge in [-0.05, 0) is 58.0 Å². The van der Waals surface area contributed by atoms with Gasteiger partial charge in [-0.15, -0.1) is 0 Å². The van der Waals surface area contributed by atoms with Gasteiger partial charge in [-0.25, -0.2) is 0 Å². The Kier molecular flexibility index (Phi) is 3.09. The van der Waals surface area contributed by atoms with Crippen LogP contribution in [0.1, 0.15) is 28.4 Å². The largest absolute Gasteiger partial charge is 0.384 e. The first-order valence-corrected chi connectivity index (χ1v) is 8.00. The second kappa shape index (κ2) is 4.97. The molecule has 0 spiro atoms. The van der Waals surface area contributed by atoms with Crippen molar-refractivity contribution in [3.8, 4) is 0 Å². The fraction of sp³-hybridized carbons (Fsp3) is 0.158. The quantitative estimate of drug-likeness (QED) is 0.712. The van der Waals surface area contributed by atoms with Crippen LogP contribution in [0.3, 0.4) is 0 Å². The Bertz CT molecular complexity index is 811. The molecular weight excluding hydrogens is 324 g/mol. The monoisotopic (exact) mass is 338 g/mol. The predicted octanol–water partition coefficient (Wildman–Crippen LogP) is 4.78. The Hall–Kier alpha value is -1.64. The topological polar surface area (TPSA) is 20.2 Å². The maximum absolute atomic E-state index is 10.8. The molecule has 1 aliphatic carbocycles. The maximum Gasteiger partial charge on any atom is 0.105 e. The summed E-state index contributed by atoms with van der Waals surface area (Å²) in [6, 6.07) is 18.6. The highest BCUT2D eigenvalue weighted by atomic mass is 79.9. The molecule has 1 atom stereocenters. The third-order valence-electron chi connectivity index (χ3n) is 4.39. The number of halogens is 1. The normalized spacial score (nSPS) is 14.6. The van der Waals surface area contributed by atoms with E-state index in [1.807, 2.05) is 24.3 Å². The number of aliphatic hydroxyl groups excluding tert-OH is 1. The van der Waals surface area contributed by atoms with Crippen LogP contribution in [0.25, 0.3) is 10.8 Å². The van der Waals surface area contributed by atoms with Crippen molar-refractivity contribution in [2.24, 2.45) is 0 Å². The van der Waals surface area contributed by atoms with E-state index in [1.54, 1.807) is 0 Å². The Morgan fingerprint density at radius 3 is 2.33 bits per heavy atom. The van der Waals surface area contributed by atoms with Crippen molar-refractivity contribution in [3.63, 3.8) is 0 Å². The van der Waals surface area contributed by atoms with Crippen LogP contribution in [-0.4, -0.2) is 5.11 Å². The lowest BCUT2D eigenvalue weighted by Gasteiger charge is -2.15. The van der Waals surface area contributed by atoms with Crippen LogP contribution >= 0.6 is 15.9 Å². The van der Waals surface area contributed by atoms with E-state index in [0.29, 0.717) is 0 Å². The van der Waals surface area contributed by atoms with E-state index in [-0.39, 0.29) is 0 Å². The van der Waals surface area contributed by atoms with Crippen LogP contribution in [0, 0.1) is 0 Å². The van der Waals surface area contributed by atoms with E-state index in [9.17, 15) is 5.11 Å². The Labute approximate surface area is 132 Å². The Balaban J connectivity index is 1.89. The number of rotatable bonds is 2. The van der Waals surface area contributed by atoms with Crippen LogP contribution in [0.5, 0.6) is 0 Å². The molecule has 1 nitrogen and oxygen atoms in total. The molecule has 0 fully saturated rings. The van der Waals surface area contributed by atoms with Gasteiger partial charge in [-0.1, -0.05) is 58.4 Å². The van der Waals surface area contributed by atoms with Gasteiger partial charge in [0.2, 0.25) is 0 Å². The third kappa shape index (κ3) is 2.10. The van der Waals surface area contributed by atoms with Crippen molar-refractivity contribution < 1.29 is 5.11 Å². The molecular formula is C19H15BrO. The lowest BCUT2D eigenvalue weighted by molar-refractivity contribution is 0.222. The molecule has 3 aromatic carbocycles. The zero-order valence-electron chi connectivity index (χ0n) is 11.5. The number of benzene rings is 3. The first-order valence-electron chi connectivity index (χ1n) is 7.21. The van der Waals surface area contributed by atoms with E-state index in [0.717, 1.165) is 28.4 Å². The van der Waals surface area contributed by atoms with Crippen molar-refractivity contribution in [1.82, 2.24) is 0 Å². The summed E-state index contributed by atoms with van der Waals surface area (Å²) in [4.78, 5) is 0. The Morgan fingerprint density at radius 1 is 0.857 bits per heavy atom. The van der Waals surface area contributed by atoms with Crippen molar-refractivity contribution in [2.75, 3.05) is 0 Å². The molecule has 0 bridgehead atoms. The minimum atomic E-state index is -0.581. The van der Waals surface area contributed by atoms with Crippen molar-refractivity contribution in [3.05, 3.63) is 81.3 Å². The molecule has 2 heteroatoms. The molecule has 0 saturated heterocycles. The average molecular weight is 339 g/mol. The van der Waals surface area contributed by atoms with Crippen LogP contribution < -0.4 is 0 Å². The van der Waals surface area contributed by atoms with Gasteiger partial charge < -0.3 is 5.11 Å². The molecule has 0 radical (unpaired) electrons. The zero-order chi connectivity index (χ0) is 14.4. The van der Waals surface area contributed by atoms with E-state index in [1.165, 1.54) is 21.9 Å². The molecule has 0 aliphatic heterocycles. The second-order valence-electron chi connectivity index (χ2n) is 5.61. The molecule has 104 valence electrons. The average Bonchev–Trinajstić information content (AvgIpc) is 2.93. The Morgan fingerprint density at radius 2 is 1.57 bits per heavy atom. The molecule has 4 rings (SSSR count). The van der Waals surface area contributed by atoms with E-state index in [2.05, 4.69) is 46.3 Å². The molecule has 0 saturated carbocycles. The standard InChI is InChI=1S/C19H15BrO/c20-15-9-6-14(7-10-15)19(21)17-11-8-13-5-4-12-2-1-3-16(17)18(12)13/h1-3,6-11,19,21H,4-5H2/t19-/m0/s1. The number of hydrogen-bond donors (Lipinski definition) is 1. The third-order valence-corrected chi connectivity index (χ3v) is 4.92. The van der Waals surface area contributed by atoms with Gasteiger partial charge in [0.1, 0.15) is 6.10 Å². The van der Waals surface area contributed by atoms with Crippen molar-refractivity contribution in [1.29, 1.82) is 0 Å². The fourth-order valence-electron chi connectivity index (χ4n) is 3.33. The lowest BCUT2D eigenvalue weighted by atomic mass is 9.93. The van der Waals surface area contributed by atoms with Gasteiger partial charge in [-0.2, -0.15) is 0 Å². The number of aryl methyl sites for hydroxylation is 2. The van der Waals surface area contributed by atoms with E-state index < -0.39 is 6.10 Å². The highest BCUT2D eigenvalue weighted by molar-refractivity contribution is 9.10. The molecule has 3 aromatic rings. The van der Waals surface area contributed by atoms with Gasteiger partial charge in [-0.3, -0.25) is 0 Å². The number of hydrogen-bond acceptors (Lipinski definition) is 1. The van der Waals surface area contributed by atoms with Crippen LogP contribution in [0.4, 0.5) is 0 Å². The summed E-state index contributed by atoms with van der Waals surface area (Å²) in [5.74, 6) is 0. The first kappa shape index (κ1) is 13.1. The molecule has 0 aromatic heterocycles. The number of aliphatic hydroxyl groups is 1.